The van der Waals surface area contributed by atoms with Gasteiger partial charge in [0.05, 0.1) is 11.7 Å². The van der Waals surface area contributed by atoms with Crippen LogP contribution in [0.1, 0.15) is 34.0 Å². The number of hydrogen-bond acceptors (Lipinski definition) is 5. The number of ether oxygens (including phenoxy) is 1. The molecule has 0 aliphatic heterocycles. The summed E-state index contributed by atoms with van der Waals surface area (Å²) in [6.45, 7) is 0.0216. The van der Waals surface area contributed by atoms with E-state index in [0.717, 1.165) is 5.56 Å². The van der Waals surface area contributed by atoms with Crippen molar-refractivity contribution >= 4 is 12.4 Å². The third-order valence-electron chi connectivity index (χ3n) is 3.85. The lowest BCUT2D eigenvalue weighted by molar-refractivity contribution is 0.0114. The molecule has 0 fully saturated rings. The minimum absolute atomic E-state index is 0.0532. The summed E-state index contributed by atoms with van der Waals surface area (Å²) in [5, 5.41) is 22.3. The number of aliphatic hydroxyl groups excluding tert-OH is 2. The van der Waals surface area contributed by atoms with Crippen LogP contribution in [0.4, 0.5) is 13.6 Å². The molecule has 0 radical (unpaired) electrons. The second kappa shape index (κ2) is 9.75. The van der Waals surface area contributed by atoms with Gasteiger partial charge in [-0.05, 0) is 24.1 Å². The second-order valence-electron chi connectivity index (χ2n) is 5.80. The molecule has 0 aliphatic carbocycles. The number of aliphatic hydroxyl groups is 2. The van der Waals surface area contributed by atoms with Crippen molar-refractivity contribution in [3.8, 4) is 0 Å². The van der Waals surface area contributed by atoms with Gasteiger partial charge in [-0.15, -0.1) is 0 Å². The first-order valence-corrected chi connectivity index (χ1v) is 8.17. The average Bonchev–Trinajstić information content (AvgIpc) is 2.68. The summed E-state index contributed by atoms with van der Waals surface area (Å²) in [7, 11) is 0. The summed E-state index contributed by atoms with van der Waals surface area (Å²) in [5.74, 6) is -2.02. The smallest absolute Gasteiger partial charge is 0.407 e. The molecule has 8 heteroatoms. The zero-order valence-corrected chi connectivity index (χ0v) is 14.3. The van der Waals surface area contributed by atoms with E-state index in [2.05, 4.69) is 5.32 Å². The topological polar surface area (TPSA) is 95.9 Å². The van der Waals surface area contributed by atoms with E-state index in [9.17, 15) is 28.6 Å². The Morgan fingerprint density at radius 3 is 2.52 bits per heavy atom. The number of nitrogens with one attached hydrogen (secondary N) is 1. The van der Waals surface area contributed by atoms with Crippen LogP contribution in [0.3, 0.4) is 0 Å². The van der Waals surface area contributed by atoms with E-state index in [4.69, 9.17) is 4.74 Å². The Hall–Kier alpha value is -2.84. The molecule has 0 bridgehead atoms. The number of rotatable bonds is 8. The van der Waals surface area contributed by atoms with E-state index in [0.29, 0.717) is 12.1 Å². The van der Waals surface area contributed by atoms with Crippen molar-refractivity contribution in [2.24, 2.45) is 0 Å². The summed E-state index contributed by atoms with van der Waals surface area (Å²) in [6.07, 6.45) is -3.88. The highest BCUT2D eigenvalue weighted by atomic mass is 19.1. The van der Waals surface area contributed by atoms with E-state index >= 15 is 0 Å². The van der Waals surface area contributed by atoms with Gasteiger partial charge in [0.15, 0.2) is 6.29 Å². The van der Waals surface area contributed by atoms with E-state index < -0.39 is 41.1 Å². The Bertz CT molecular complexity index is 785. The van der Waals surface area contributed by atoms with Crippen molar-refractivity contribution in [2.45, 2.75) is 25.2 Å². The molecule has 0 aliphatic rings. The van der Waals surface area contributed by atoms with Crippen molar-refractivity contribution in [3.63, 3.8) is 0 Å². The summed E-state index contributed by atoms with van der Waals surface area (Å²) in [4.78, 5) is 22.2. The highest BCUT2D eigenvalue weighted by Gasteiger charge is 2.23. The number of carbonyl (C=O) groups excluding carboxylic acids is 2. The predicted octanol–water partition coefficient (Wildman–Crippen LogP) is 2.49. The molecule has 6 nitrogen and oxygen atoms in total. The van der Waals surface area contributed by atoms with Crippen LogP contribution in [0.25, 0.3) is 0 Å². The van der Waals surface area contributed by atoms with Crippen LogP contribution in [0.5, 0.6) is 0 Å². The number of amides is 1. The number of halogens is 2. The molecule has 2 atom stereocenters. The van der Waals surface area contributed by atoms with Gasteiger partial charge in [0.25, 0.3) is 0 Å². The maximum atomic E-state index is 13.9. The van der Waals surface area contributed by atoms with Gasteiger partial charge < -0.3 is 20.3 Å². The molecule has 3 N–H and O–H groups in total. The Labute approximate surface area is 154 Å². The SMILES string of the molecule is O=Cc1cc(F)c(C(O)C(O)CCNC(=O)OCc2ccccc2)cc1F. The largest absolute Gasteiger partial charge is 0.445 e. The van der Waals surface area contributed by atoms with Crippen molar-refractivity contribution in [1.82, 2.24) is 5.32 Å². The third-order valence-corrected chi connectivity index (χ3v) is 3.85. The molecule has 0 heterocycles. The highest BCUT2D eigenvalue weighted by Crippen LogP contribution is 2.24. The Balaban J connectivity index is 1.81. The minimum Gasteiger partial charge on any atom is -0.445 e. The van der Waals surface area contributed by atoms with Gasteiger partial charge in [-0.1, -0.05) is 30.3 Å². The molecule has 0 spiro atoms. The van der Waals surface area contributed by atoms with Crippen LogP contribution in [-0.4, -0.2) is 35.2 Å². The maximum absolute atomic E-state index is 13.9. The van der Waals surface area contributed by atoms with Gasteiger partial charge in [0.1, 0.15) is 24.3 Å². The van der Waals surface area contributed by atoms with Crippen LogP contribution < -0.4 is 5.32 Å². The molecule has 0 aromatic heterocycles. The first-order chi connectivity index (χ1) is 12.9. The summed E-state index contributed by atoms with van der Waals surface area (Å²) in [5.41, 5.74) is -0.155. The first-order valence-electron chi connectivity index (χ1n) is 8.17. The summed E-state index contributed by atoms with van der Waals surface area (Å²) in [6, 6.07) is 10.3. The zero-order valence-electron chi connectivity index (χ0n) is 14.3. The summed E-state index contributed by atoms with van der Waals surface area (Å²) >= 11 is 0. The number of benzene rings is 2. The fourth-order valence-corrected chi connectivity index (χ4v) is 2.36. The number of hydrogen-bond donors (Lipinski definition) is 3. The molecule has 2 aromatic carbocycles. The van der Waals surface area contributed by atoms with Crippen molar-refractivity contribution in [1.29, 1.82) is 0 Å². The van der Waals surface area contributed by atoms with Crippen LogP contribution in [-0.2, 0) is 11.3 Å². The van der Waals surface area contributed by atoms with Crippen LogP contribution in [0, 0.1) is 11.6 Å². The number of alkyl carbamates (subject to hydrolysis) is 1. The predicted molar refractivity (Wildman–Crippen MR) is 92.0 cm³/mol. The Kier molecular flexibility index (Phi) is 7.39. The molecular formula is C19H19F2NO5. The van der Waals surface area contributed by atoms with Crippen LogP contribution in [0.15, 0.2) is 42.5 Å². The molecule has 1 amide bonds. The van der Waals surface area contributed by atoms with Gasteiger partial charge in [-0.2, -0.15) is 0 Å². The fraction of sp³-hybridized carbons (Fsp3) is 0.263. The van der Waals surface area contributed by atoms with Crippen molar-refractivity contribution in [2.75, 3.05) is 6.54 Å². The number of carbonyl (C=O) groups is 2. The molecule has 2 rings (SSSR count). The molecule has 27 heavy (non-hydrogen) atoms. The van der Waals surface area contributed by atoms with Crippen LogP contribution in [0.2, 0.25) is 0 Å². The molecule has 144 valence electrons. The molecular weight excluding hydrogens is 360 g/mol. The minimum atomic E-state index is -1.72. The van der Waals surface area contributed by atoms with Crippen molar-refractivity contribution in [3.05, 3.63) is 70.8 Å². The summed E-state index contributed by atoms with van der Waals surface area (Å²) < 4.78 is 32.4. The van der Waals surface area contributed by atoms with E-state index in [-0.39, 0.29) is 25.9 Å². The van der Waals surface area contributed by atoms with Crippen molar-refractivity contribution < 1.29 is 33.3 Å². The van der Waals surface area contributed by atoms with Gasteiger partial charge in [-0.25, -0.2) is 13.6 Å². The molecule has 2 unspecified atom stereocenters. The quantitative estimate of drug-likeness (QED) is 0.613. The zero-order chi connectivity index (χ0) is 19.8. The lowest BCUT2D eigenvalue weighted by Gasteiger charge is -2.19. The maximum Gasteiger partial charge on any atom is 0.407 e. The van der Waals surface area contributed by atoms with Gasteiger partial charge >= 0.3 is 6.09 Å². The second-order valence-corrected chi connectivity index (χ2v) is 5.80. The van der Waals surface area contributed by atoms with Gasteiger partial charge in [0.2, 0.25) is 0 Å². The Morgan fingerprint density at radius 2 is 1.85 bits per heavy atom. The van der Waals surface area contributed by atoms with Gasteiger partial charge in [0, 0.05) is 12.1 Å². The standard InChI is InChI=1S/C19H19F2NO5/c20-15-9-14(16(21)8-13(15)10-23)18(25)17(24)6-7-22-19(26)27-11-12-4-2-1-3-5-12/h1-5,8-10,17-18,24-25H,6-7,11H2,(H,22,26). The average molecular weight is 379 g/mol. The van der Waals surface area contributed by atoms with Crippen LogP contribution >= 0.6 is 0 Å². The lowest BCUT2D eigenvalue weighted by Crippen LogP contribution is -2.30. The monoisotopic (exact) mass is 379 g/mol. The molecule has 0 saturated heterocycles. The first kappa shape index (κ1) is 20.5. The van der Waals surface area contributed by atoms with E-state index in [1.807, 2.05) is 6.07 Å². The number of aldehydes is 1. The Morgan fingerprint density at radius 1 is 1.15 bits per heavy atom. The van der Waals surface area contributed by atoms with E-state index in [1.54, 1.807) is 24.3 Å². The highest BCUT2D eigenvalue weighted by molar-refractivity contribution is 5.75. The van der Waals surface area contributed by atoms with Gasteiger partial charge in [-0.3, -0.25) is 4.79 Å². The molecule has 2 aromatic rings. The lowest BCUT2D eigenvalue weighted by atomic mass is 10.00. The van der Waals surface area contributed by atoms with E-state index in [1.165, 1.54) is 0 Å². The molecule has 0 saturated carbocycles. The fourth-order valence-electron chi connectivity index (χ4n) is 2.36. The normalized spacial score (nSPS) is 12.9. The third kappa shape index (κ3) is 5.83.